The Morgan fingerprint density at radius 2 is 2.12 bits per heavy atom. The number of aliphatic carboxylic acids is 1. The minimum absolute atomic E-state index is 0.0284. The largest absolute Gasteiger partial charge is 0.480 e. The third-order valence-electron chi connectivity index (χ3n) is 2.87. The van der Waals surface area contributed by atoms with Crippen molar-refractivity contribution in [2.24, 2.45) is 0 Å². The quantitative estimate of drug-likeness (QED) is 0.863. The van der Waals surface area contributed by atoms with E-state index < -0.39 is 5.97 Å². The van der Waals surface area contributed by atoms with E-state index in [0.29, 0.717) is 13.1 Å². The fraction of sp³-hybridized carbons (Fsp3) is 0.462. The molecule has 4 nitrogen and oxygen atoms in total. The van der Waals surface area contributed by atoms with Gasteiger partial charge in [0.25, 0.3) is 0 Å². The lowest BCUT2D eigenvalue weighted by atomic mass is 10.1. The van der Waals surface area contributed by atoms with Crippen LogP contribution in [-0.4, -0.2) is 41.7 Å². The van der Waals surface area contributed by atoms with Crippen LogP contribution >= 0.6 is 0 Å². The van der Waals surface area contributed by atoms with E-state index in [9.17, 15) is 4.79 Å². The average molecular weight is 235 g/mol. The molecule has 17 heavy (non-hydrogen) atoms. The lowest BCUT2D eigenvalue weighted by Gasteiger charge is -2.36. The molecular formula is C13H17NO3. The van der Waals surface area contributed by atoms with Crippen molar-refractivity contribution in [1.29, 1.82) is 0 Å². The predicted octanol–water partition coefficient (Wildman–Crippen LogP) is 1.53. The van der Waals surface area contributed by atoms with Crippen molar-refractivity contribution in [3.8, 4) is 0 Å². The van der Waals surface area contributed by atoms with Crippen LogP contribution in [0.3, 0.4) is 0 Å². The summed E-state index contributed by atoms with van der Waals surface area (Å²) in [6, 6.07) is 9.94. The third-order valence-corrected chi connectivity index (χ3v) is 2.87. The minimum Gasteiger partial charge on any atom is -0.480 e. The van der Waals surface area contributed by atoms with Crippen LogP contribution in [-0.2, 0) is 9.53 Å². The molecule has 0 saturated carbocycles. The van der Waals surface area contributed by atoms with Crippen LogP contribution in [0.2, 0.25) is 0 Å². The summed E-state index contributed by atoms with van der Waals surface area (Å²) >= 11 is 0. The van der Waals surface area contributed by atoms with E-state index in [-0.39, 0.29) is 18.8 Å². The zero-order valence-electron chi connectivity index (χ0n) is 9.87. The highest BCUT2D eigenvalue weighted by molar-refractivity contribution is 5.69. The first-order valence-electron chi connectivity index (χ1n) is 5.79. The number of hydrogen-bond donors (Lipinski definition) is 1. The van der Waals surface area contributed by atoms with Gasteiger partial charge in [0.15, 0.2) is 0 Å². The molecule has 0 bridgehead atoms. The standard InChI is InChI=1S/C13H17NO3/c1-10-7-14(9-13(15)16)8-12(17-10)11-5-3-2-4-6-11/h2-6,10,12H,7-9H2,1H3,(H,15,16)/t10-,12-/m1/s1. The summed E-state index contributed by atoms with van der Waals surface area (Å²) in [6.07, 6.45) is 0.0348. The van der Waals surface area contributed by atoms with Crippen molar-refractivity contribution in [2.45, 2.75) is 19.1 Å². The number of carboxylic acids is 1. The Hall–Kier alpha value is -1.39. The molecule has 1 N–H and O–H groups in total. The van der Waals surface area contributed by atoms with Crippen LogP contribution in [0.15, 0.2) is 30.3 Å². The Morgan fingerprint density at radius 1 is 1.41 bits per heavy atom. The number of carbonyl (C=O) groups is 1. The van der Waals surface area contributed by atoms with Crippen LogP contribution in [0.4, 0.5) is 0 Å². The van der Waals surface area contributed by atoms with E-state index in [1.54, 1.807) is 0 Å². The number of morpholine rings is 1. The minimum atomic E-state index is -0.786. The van der Waals surface area contributed by atoms with Crippen LogP contribution < -0.4 is 0 Å². The highest BCUT2D eigenvalue weighted by Crippen LogP contribution is 2.24. The van der Waals surface area contributed by atoms with Crippen molar-refractivity contribution in [3.63, 3.8) is 0 Å². The molecule has 0 aliphatic carbocycles. The topological polar surface area (TPSA) is 49.8 Å². The summed E-state index contributed by atoms with van der Waals surface area (Å²) in [4.78, 5) is 12.7. The molecule has 4 heteroatoms. The second kappa shape index (κ2) is 5.29. The van der Waals surface area contributed by atoms with Crippen molar-refractivity contribution < 1.29 is 14.6 Å². The highest BCUT2D eigenvalue weighted by atomic mass is 16.5. The van der Waals surface area contributed by atoms with Gasteiger partial charge in [-0.3, -0.25) is 9.69 Å². The van der Waals surface area contributed by atoms with E-state index in [1.165, 1.54) is 0 Å². The maximum atomic E-state index is 10.7. The smallest absolute Gasteiger partial charge is 0.317 e. The number of hydrogen-bond acceptors (Lipinski definition) is 3. The second-order valence-corrected chi connectivity index (χ2v) is 4.43. The Morgan fingerprint density at radius 3 is 2.76 bits per heavy atom. The van der Waals surface area contributed by atoms with Crippen LogP contribution in [0.5, 0.6) is 0 Å². The number of rotatable bonds is 3. The molecule has 0 spiro atoms. The van der Waals surface area contributed by atoms with Crippen LogP contribution in [0, 0.1) is 0 Å². The van der Waals surface area contributed by atoms with Crippen molar-refractivity contribution >= 4 is 5.97 Å². The summed E-state index contributed by atoms with van der Waals surface area (Å²) in [5.41, 5.74) is 1.11. The maximum Gasteiger partial charge on any atom is 0.317 e. The number of ether oxygens (including phenoxy) is 1. The summed E-state index contributed by atoms with van der Waals surface area (Å²) in [7, 11) is 0. The SMILES string of the molecule is C[C@@H]1CN(CC(=O)O)C[C@H](c2ccccc2)O1. The maximum absolute atomic E-state index is 10.7. The van der Waals surface area contributed by atoms with Gasteiger partial charge in [-0.2, -0.15) is 0 Å². The molecule has 0 unspecified atom stereocenters. The van der Waals surface area contributed by atoms with Gasteiger partial charge in [-0.1, -0.05) is 30.3 Å². The van der Waals surface area contributed by atoms with Crippen LogP contribution in [0.25, 0.3) is 0 Å². The average Bonchev–Trinajstić information content (AvgIpc) is 2.28. The lowest BCUT2D eigenvalue weighted by molar-refractivity contribution is -0.142. The van der Waals surface area contributed by atoms with Gasteiger partial charge in [-0.15, -0.1) is 0 Å². The van der Waals surface area contributed by atoms with E-state index >= 15 is 0 Å². The van der Waals surface area contributed by atoms with Crippen molar-refractivity contribution in [2.75, 3.05) is 19.6 Å². The molecule has 1 aromatic carbocycles. The Balaban J connectivity index is 2.06. The van der Waals surface area contributed by atoms with Crippen LogP contribution in [0.1, 0.15) is 18.6 Å². The fourth-order valence-electron chi connectivity index (χ4n) is 2.21. The van der Waals surface area contributed by atoms with E-state index in [4.69, 9.17) is 9.84 Å². The molecule has 0 amide bonds. The number of benzene rings is 1. The Kier molecular flexibility index (Phi) is 3.76. The first-order chi connectivity index (χ1) is 8.15. The van der Waals surface area contributed by atoms with E-state index in [2.05, 4.69) is 0 Å². The molecule has 2 atom stereocenters. The Bertz CT molecular complexity index is 380. The third kappa shape index (κ3) is 3.28. The zero-order chi connectivity index (χ0) is 12.3. The molecular weight excluding hydrogens is 218 g/mol. The van der Waals surface area contributed by atoms with Gasteiger partial charge in [-0.25, -0.2) is 0 Å². The summed E-state index contributed by atoms with van der Waals surface area (Å²) in [5.74, 6) is -0.786. The monoisotopic (exact) mass is 235 g/mol. The second-order valence-electron chi connectivity index (χ2n) is 4.43. The summed E-state index contributed by atoms with van der Waals surface area (Å²) in [6.45, 7) is 3.37. The zero-order valence-corrected chi connectivity index (χ0v) is 9.87. The first-order valence-corrected chi connectivity index (χ1v) is 5.79. The molecule has 0 radical (unpaired) electrons. The Labute approximate surface area is 101 Å². The van der Waals surface area contributed by atoms with Gasteiger partial charge >= 0.3 is 5.97 Å². The summed E-state index contributed by atoms with van der Waals surface area (Å²) < 4.78 is 5.85. The molecule has 1 fully saturated rings. The van der Waals surface area contributed by atoms with Gasteiger partial charge in [0, 0.05) is 13.1 Å². The fourth-order valence-corrected chi connectivity index (χ4v) is 2.21. The van der Waals surface area contributed by atoms with Gasteiger partial charge in [0.05, 0.1) is 18.8 Å². The van der Waals surface area contributed by atoms with E-state index in [1.807, 2.05) is 42.2 Å². The molecule has 92 valence electrons. The first kappa shape index (κ1) is 12.1. The van der Waals surface area contributed by atoms with Crippen molar-refractivity contribution in [1.82, 2.24) is 4.90 Å². The number of nitrogens with zero attached hydrogens (tertiary/aromatic N) is 1. The van der Waals surface area contributed by atoms with Gasteiger partial charge < -0.3 is 9.84 Å². The molecule has 1 saturated heterocycles. The lowest BCUT2D eigenvalue weighted by Crippen LogP contribution is -2.44. The molecule has 1 aliphatic heterocycles. The summed E-state index contributed by atoms with van der Waals surface area (Å²) in [5, 5.41) is 8.83. The molecule has 1 heterocycles. The highest BCUT2D eigenvalue weighted by Gasteiger charge is 2.27. The van der Waals surface area contributed by atoms with Gasteiger partial charge in [0.2, 0.25) is 0 Å². The molecule has 1 aromatic rings. The van der Waals surface area contributed by atoms with Gasteiger partial charge in [0.1, 0.15) is 0 Å². The van der Waals surface area contributed by atoms with E-state index in [0.717, 1.165) is 5.56 Å². The normalized spacial score (nSPS) is 25.7. The molecule has 1 aliphatic rings. The van der Waals surface area contributed by atoms with Crippen molar-refractivity contribution in [3.05, 3.63) is 35.9 Å². The van der Waals surface area contributed by atoms with Gasteiger partial charge in [-0.05, 0) is 12.5 Å². The predicted molar refractivity (Wildman–Crippen MR) is 63.8 cm³/mol. The molecule has 2 rings (SSSR count). The number of carboxylic acid groups (broad SMARTS) is 1. The molecule has 0 aromatic heterocycles.